The molecule has 3 aromatic rings. The van der Waals surface area contributed by atoms with E-state index in [-0.39, 0.29) is 17.0 Å². The Balaban J connectivity index is 1.89. The molecule has 5 heteroatoms. The Morgan fingerprint density at radius 2 is 1.81 bits per heavy atom. The second-order valence-corrected chi connectivity index (χ2v) is 8.19. The van der Waals surface area contributed by atoms with Crippen LogP contribution in [0.3, 0.4) is 0 Å². The summed E-state index contributed by atoms with van der Waals surface area (Å²) < 4.78 is 7.46. The fourth-order valence-electron chi connectivity index (χ4n) is 4.06. The lowest BCUT2D eigenvalue weighted by molar-refractivity contribution is 0.389. The van der Waals surface area contributed by atoms with Crippen LogP contribution in [0.2, 0.25) is 0 Å². The first-order valence-corrected chi connectivity index (χ1v) is 10.4. The van der Waals surface area contributed by atoms with Crippen molar-refractivity contribution in [1.82, 2.24) is 4.57 Å². The van der Waals surface area contributed by atoms with Crippen molar-refractivity contribution in [3.05, 3.63) is 110 Å². The maximum Gasteiger partial charge on any atom is 0.259 e. The van der Waals surface area contributed by atoms with Gasteiger partial charge in [0.15, 0.2) is 0 Å². The Labute approximate surface area is 182 Å². The van der Waals surface area contributed by atoms with E-state index in [9.17, 15) is 10.1 Å². The molecule has 0 unspecified atom stereocenters. The molecule has 4 rings (SSSR count). The molecule has 2 aromatic carbocycles. The molecule has 2 heterocycles. The Morgan fingerprint density at radius 1 is 1.13 bits per heavy atom. The largest absolute Gasteiger partial charge is 0.440 e. The van der Waals surface area contributed by atoms with Crippen molar-refractivity contribution in [3.63, 3.8) is 0 Å². The highest BCUT2D eigenvalue weighted by atomic mass is 16.5. The summed E-state index contributed by atoms with van der Waals surface area (Å²) in [4.78, 5) is 13.7. The lowest BCUT2D eigenvalue weighted by atomic mass is 9.83. The number of fused-ring (bicyclic) bond motifs is 1. The SMILES string of the molecule is Cc1cc2c(c(=O)n1Cc1ccccc1)[C@H](c1ccc(C(C)C)cc1)C(C#N)=C(N)O2. The number of benzene rings is 2. The van der Waals surface area contributed by atoms with Crippen LogP contribution < -0.4 is 16.0 Å². The fourth-order valence-corrected chi connectivity index (χ4v) is 4.06. The smallest absolute Gasteiger partial charge is 0.259 e. The minimum Gasteiger partial charge on any atom is -0.440 e. The number of hydrogen-bond donors (Lipinski definition) is 1. The second kappa shape index (κ2) is 8.16. The summed E-state index contributed by atoms with van der Waals surface area (Å²) in [7, 11) is 0. The summed E-state index contributed by atoms with van der Waals surface area (Å²) in [6, 6.07) is 21.9. The molecule has 1 atom stereocenters. The maximum atomic E-state index is 13.7. The summed E-state index contributed by atoms with van der Waals surface area (Å²) in [5, 5.41) is 9.83. The van der Waals surface area contributed by atoms with Crippen LogP contribution in [0.1, 0.15) is 53.6 Å². The van der Waals surface area contributed by atoms with Crippen LogP contribution in [0, 0.1) is 18.3 Å². The normalized spacial score (nSPS) is 15.4. The molecule has 0 spiro atoms. The summed E-state index contributed by atoms with van der Waals surface area (Å²) in [5.74, 6) is 0.289. The monoisotopic (exact) mass is 411 g/mol. The van der Waals surface area contributed by atoms with Crippen LogP contribution in [0.5, 0.6) is 5.75 Å². The van der Waals surface area contributed by atoms with Crippen molar-refractivity contribution >= 4 is 0 Å². The third-order valence-corrected chi connectivity index (χ3v) is 5.81. The first-order chi connectivity index (χ1) is 14.9. The van der Waals surface area contributed by atoms with Crippen molar-refractivity contribution in [2.24, 2.45) is 5.73 Å². The zero-order chi connectivity index (χ0) is 22.1. The van der Waals surface area contributed by atoms with Gasteiger partial charge in [-0.05, 0) is 29.5 Å². The molecule has 156 valence electrons. The minimum absolute atomic E-state index is 0.0487. The quantitative estimate of drug-likeness (QED) is 0.683. The number of aromatic nitrogens is 1. The van der Waals surface area contributed by atoms with Gasteiger partial charge >= 0.3 is 0 Å². The van der Waals surface area contributed by atoms with E-state index in [2.05, 4.69) is 19.9 Å². The number of pyridine rings is 1. The van der Waals surface area contributed by atoms with Gasteiger partial charge in [0.1, 0.15) is 17.4 Å². The molecule has 0 bridgehead atoms. The number of aryl methyl sites for hydroxylation is 1. The van der Waals surface area contributed by atoms with Crippen LogP contribution in [0.4, 0.5) is 0 Å². The number of allylic oxidation sites excluding steroid dienone is 1. The highest BCUT2D eigenvalue weighted by Gasteiger charge is 2.34. The van der Waals surface area contributed by atoms with E-state index in [1.54, 1.807) is 4.57 Å². The third kappa shape index (κ3) is 3.73. The average Bonchev–Trinajstić information content (AvgIpc) is 2.76. The molecule has 5 nitrogen and oxygen atoms in total. The summed E-state index contributed by atoms with van der Waals surface area (Å²) in [6.07, 6.45) is 0. The van der Waals surface area contributed by atoms with Crippen LogP contribution in [-0.4, -0.2) is 4.57 Å². The fraction of sp³-hybridized carbons (Fsp3) is 0.231. The third-order valence-electron chi connectivity index (χ3n) is 5.81. The molecule has 31 heavy (non-hydrogen) atoms. The van der Waals surface area contributed by atoms with Crippen molar-refractivity contribution in [1.29, 1.82) is 5.26 Å². The summed E-state index contributed by atoms with van der Waals surface area (Å²) in [6.45, 7) is 6.57. The number of nitrogens with two attached hydrogens (primary N) is 1. The molecule has 0 saturated heterocycles. The average molecular weight is 412 g/mol. The van der Waals surface area contributed by atoms with E-state index >= 15 is 0 Å². The van der Waals surface area contributed by atoms with E-state index in [4.69, 9.17) is 10.5 Å². The van der Waals surface area contributed by atoms with Crippen molar-refractivity contribution < 1.29 is 4.74 Å². The van der Waals surface area contributed by atoms with Crippen molar-refractivity contribution in [2.45, 2.75) is 39.2 Å². The Morgan fingerprint density at radius 3 is 2.42 bits per heavy atom. The molecule has 0 radical (unpaired) electrons. The van der Waals surface area contributed by atoms with Gasteiger partial charge in [-0.25, -0.2) is 0 Å². The molecular formula is C26H25N3O2. The van der Waals surface area contributed by atoms with Gasteiger partial charge in [0.05, 0.1) is 18.0 Å². The van der Waals surface area contributed by atoms with Gasteiger partial charge in [0, 0.05) is 11.8 Å². The van der Waals surface area contributed by atoms with Crippen molar-refractivity contribution in [2.75, 3.05) is 0 Å². The maximum absolute atomic E-state index is 13.7. The second-order valence-electron chi connectivity index (χ2n) is 8.19. The molecule has 0 saturated carbocycles. The number of hydrogen-bond acceptors (Lipinski definition) is 4. The molecule has 1 aromatic heterocycles. The Kier molecular flexibility index (Phi) is 5.39. The van der Waals surface area contributed by atoms with E-state index in [0.717, 1.165) is 16.8 Å². The number of ether oxygens (including phenoxy) is 1. The van der Waals surface area contributed by atoms with E-state index in [0.29, 0.717) is 23.8 Å². The minimum atomic E-state index is -0.565. The van der Waals surface area contributed by atoms with Gasteiger partial charge < -0.3 is 15.0 Å². The van der Waals surface area contributed by atoms with Crippen LogP contribution in [0.15, 0.2) is 76.9 Å². The van der Waals surface area contributed by atoms with Crippen LogP contribution in [0.25, 0.3) is 0 Å². The zero-order valence-corrected chi connectivity index (χ0v) is 17.9. The van der Waals surface area contributed by atoms with E-state index in [1.165, 1.54) is 5.56 Å². The predicted molar refractivity (Wildman–Crippen MR) is 121 cm³/mol. The first kappa shape index (κ1) is 20.5. The molecule has 0 amide bonds. The number of nitriles is 1. The Hall–Kier alpha value is -3.78. The summed E-state index contributed by atoms with van der Waals surface area (Å²) in [5.41, 5.74) is 10.5. The molecular weight excluding hydrogens is 386 g/mol. The highest BCUT2D eigenvalue weighted by Crippen LogP contribution is 2.40. The van der Waals surface area contributed by atoms with Gasteiger partial charge in [-0.15, -0.1) is 0 Å². The predicted octanol–water partition coefficient (Wildman–Crippen LogP) is 4.55. The van der Waals surface area contributed by atoms with Gasteiger partial charge in [-0.2, -0.15) is 5.26 Å². The van der Waals surface area contributed by atoms with E-state index < -0.39 is 5.92 Å². The van der Waals surface area contributed by atoms with Gasteiger partial charge in [-0.3, -0.25) is 4.79 Å². The highest BCUT2D eigenvalue weighted by molar-refractivity contribution is 5.55. The number of nitrogens with zero attached hydrogens (tertiary/aromatic N) is 2. The lowest BCUT2D eigenvalue weighted by Gasteiger charge is -2.27. The zero-order valence-electron chi connectivity index (χ0n) is 17.9. The van der Waals surface area contributed by atoms with Crippen LogP contribution >= 0.6 is 0 Å². The van der Waals surface area contributed by atoms with Gasteiger partial charge in [0.2, 0.25) is 5.88 Å². The Bertz CT molecular complexity index is 1250. The topological polar surface area (TPSA) is 81.0 Å². The summed E-state index contributed by atoms with van der Waals surface area (Å²) >= 11 is 0. The van der Waals surface area contributed by atoms with Gasteiger partial charge in [-0.1, -0.05) is 68.4 Å². The van der Waals surface area contributed by atoms with Gasteiger partial charge in [0.25, 0.3) is 5.56 Å². The molecule has 1 aliphatic rings. The van der Waals surface area contributed by atoms with Crippen molar-refractivity contribution in [3.8, 4) is 11.8 Å². The molecule has 0 fully saturated rings. The molecule has 2 N–H and O–H groups in total. The lowest BCUT2D eigenvalue weighted by Crippen LogP contribution is -2.33. The first-order valence-electron chi connectivity index (χ1n) is 10.4. The van der Waals surface area contributed by atoms with E-state index in [1.807, 2.05) is 67.6 Å². The molecule has 0 aliphatic carbocycles. The standard InChI is InChI=1S/C26H25N3O2/c1-16(2)19-9-11-20(12-10-19)23-21(14-27)25(28)31-22-13-17(3)29(26(30)24(22)23)15-18-7-5-4-6-8-18/h4-13,16,23H,15,28H2,1-3H3/t23-/m1/s1. The van der Waals surface area contributed by atoms with Crippen LogP contribution in [-0.2, 0) is 6.54 Å². The number of rotatable bonds is 4. The molecule has 1 aliphatic heterocycles.